The number of hydrogen-bond acceptors (Lipinski definition) is 1. The van der Waals surface area contributed by atoms with Crippen LogP contribution in [0.4, 0.5) is 0 Å². The Morgan fingerprint density at radius 1 is 1.23 bits per heavy atom. The molecule has 0 saturated heterocycles. The molecule has 1 aliphatic carbocycles. The summed E-state index contributed by atoms with van der Waals surface area (Å²) in [6, 6.07) is 0. The van der Waals surface area contributed by atoms with E-state index >= 15 is 0 Å². The average Bonchev–Trinajstić information content (AvgIpc) is 2.19. The van der Waals surface area contributed by atoms with Gasteiger partial charge in [-0.3, -0.25) is 0 Å². The number of thiocarbonyl (C=S) groups is 1. The van der Waals surface area contributed by atoms with Gasteiger partial charge in [0.15, 0.2) is 0 Å². The molecule has 78 valence electrons. The SMILES string of the molecule is CC.CC(=S)NCC1CCCCC1. The van der Waals surface area contributed by atoms with Crippen LogP contribution < -0.4 is 5.32 Å². The van der Waals surface area contributed by atoms with E-state index in [9.17, 15) is 0 Å². The van der Waals surface area contributed by atoms with E-state index in [-0.39, 0.29) is 0 Å². The second-order valence-electron chi connectivity index (χ2n) is 3.44. The summed E-state index contributed by atoms with van der Waals surface area (Å²) in [5.41, 5.74) is 0. The van der Waals surface area contributed by atoms with E-state index in [1.165, 1.54) is 32.1 Å². The molecular formula is C11H23NS. The van der Waals surface area contributed by atoms with Crippen LogP contribution in [0.5, 0.6) is 0 Å². The monoisotopic (exact) mass is 201 g/mol. The molecule has 0 bridgehead atoms. The molecule has 0 radical (unpaired) electrons. The zero-order valence-electron chi connectivity index (χ0n) is 9.23. The van der Waals surface area contributed by atoms with E-state index in [1.807, 2.05) is 20.8 Å². The van der Waals surface area contributed by atoms with Crippen LogP contribution in [0.15, 0.2) is 0 Å². The van der Waals surface area contributed by atoms with Gasteiger partial charge >= 0.3 is 0 Å². The minimum atomic E-state index is 0.890. The minimum Gasteiger partial charge on any atom is -0.380 e. The maximum atomic E-state index is 4.95. The molecule has 1 fully saturated rings. The third kappa shape index (κ3) is 7.00. The number of rotatable bonds is 2. The van der Waals surface area contributed by atoms with Gasteiger partial charge in [-0.05, 0) is 25.7 Å². The Kier molecular flexibility index (Phi) is 8.41. The van der Waals surface area contributed by atoms with Crippen LogP contribution in [0.3, 0.4) is 0 Å². The van der Waals surface area contributed by atoms with E-state index in [0.717, 1.165) is 17.5 Å². The van der Waals surface area contributed by atoms with Crippen molar-refractivity contribution in [3.8, 4) is 0 Å². The zero-order valence-corrected chi connectivity index (χ0v) is 10.0. The zero-order chi connectivity index (χ0) is 10.1. The Bertz CT molecular complexity index is 128. The average molecular weight is 201 g/mol. The quantitative estimate of drug-likeness (QED) is 0.686. The highest BCUT2D eigenvalue weighted by Gasteiger charge is 2.12. The summed E-state index contributed by atoms with van der Waals surface area (Å²) in [5.74, 6) is 0.890. The summed E-state index contributed by atoms with van der Waals surface area (Å²) < 4.78 is 0. The van der Waals surface area contributed by atoms with Crippen LogP contribution in [-0.4, -0.2) is 11.5 Å². The molecule has 13 heavy (non-hydrogen) atoms. The van der Waals surface area contributed by atoms with Crippen molar-refractivity contribution in [2.45, 2.75) is 52.9 Å². The fraction of sp³-hybridized carbons (Fsp3) is 0.909. The summed E-state index contributed by atoms with van der Waals surface area (Å²) in [6.45, 7) is 7.06. The van der Waals surface area contributed by atoms with Crippen LogP contribution >= 0.6 is 12.2 Å². The lowest BCUT2D eigenvalue weighted by molar-refractivity contribution is 0.357. The first-order chi connectivity index (χ1) is 6.29. The van der Waals surface area contributed by atoms with Gasteiger partial charge in [0.05, 0.1) is 4.99 Å². The van der Waals surface area contributed by atoms with Crippen molar-refractivity contribution in [3.63, 3.8) is 0 Å². The second kappa shape index (κ2) is 8.49. The molecule has 2 heteroatoms. The van der Waals surface area contributed by atoms with Gasteiger partial charge in [-0.25, -0.2) is 0 Å². The Balaban J connectivity index is 0.000000671. The van der Waals surface area contributed by atoms with Crippen molar-refractivity contribution < 1.29 is 0 Å². The van der Waals surface area contributed by atoms with E-state index in [2.05, 4.69) is 5.32 Å². The smallest absolute Gasteiger partial charge is 0.0721 e. The summed E-state index contributed by atoms with van der Waals surface area (Å²) >= 11 is 4.95. The molecule has 0 heterocycles. The van der Waals surface area contributed by atoms with E-state index in [0.29, 0.717) is 0 Å². The molecule has 0 aromatic rings. The van der Waals surface area contributed by atoms with E-state index in [4.69, 9.17) is 12.2 Å². The van der Waals surface area contributed by atoms with Gasteiger partial charge in [-0.2, -0.15) is 0 Å². The number of hydrogen-bond donors (Lipinski definition) is 1. The highest BCUT2D eigenvalue weighted by Crippen LogP contribution is 2.22. The molecule has 0 atom stereocenters. The molecular weight excluding hydrogens is 178 g/mol. The van der Waals surface area contributed by atoms with Gasteiger partial charge in [-0.1, -0.05) is 45.3 Å². The van der Waals surface area contributed by atoms with Gasteiger partial charge in [0.1, 0.15) is 0 Å². The maximum Gasteiger partial charge on any atom is 0.0721 e. The fourth-order valence-electron chi connectivity index (χ4n) is 1.68. The van der Waals surface area contributed by atoms with Crippen LogP contribution in [0.1, 0.15) is 52.9 Å². The topological polar surface area (TPSA) is 12.0 Å². The lowest BCUT2D eigenvalue weighted by atomic mass is 9.89. The van der Waals surface area contributed by atoms with Gasteiger partial charge in [0, 0.05) is 6.54 Å². The molecule has 1 rings (SSSR count). The van der Waals surface area contributed by atoms with Gasteiger partial charge in [0.25, 0.3) is 0 Å². The Labute approximate surface area is 88.3 Å². The maximum absolute atomic E-state index is 4.95. The lowest BCUT2D eigenvalue weighted by Crippen LogP contribution is -2.27. The summed E-state index contributed by atoms with van der Waals surface area (Å²) in [7, 11) is 0. The molecule has 0 unspecified atom stereocenters. The largest absolute Gasteiger partial charge is 0.380 e. The molecule has 0 spiro atoms. The Hall–Kier alpha value is -0.110. The van der Waals surface area contributed by atoms with E-state index in [1.54, 1.807) is 0 Å². The van der Waals surface area contributed by atoms with Gasteiger partial charge < -0.3 is 5.32 Å². The van der Waals surface area contributed by atoms with Crippen LogP contribution in [0, 0.1) is 5.92 Å². The van der Waals surface area contributed by atoms with Crippen molar-refractivity contribution in [2.24, 2.45) is 5.92 Å². The normalized spacial score (nSPS) is 17.2. The summed E-state index contributed by atoms with van der Waals surface area (Å²) in [6.07, 6.45) is 7.07. The first-order valence-corrected chi connectivity index (χ1v) is 5.94. The van der Waals surface area contributed by atoms with Crippen molar-refractivity contribution >= 4 is 17.2 Å². The van der Waals surface area contributed by atoms with Crippen molar-refractivity contribution in [3.05, 3.63) is 0 Å². The minimum absolute atomic E-state index is 0.890. The highest BCUT2D eigenvalue weighted by molar-refractivity contribution is 7.80. The van der Waals surface area contributed by atoms with Crippen LogP contribution in [0.2, 0.25) is 0 Å². The predicted octanol–water partition coefficient (Wildman–Crippen LogP) is 3.53. The molecule has 0 aromatic heterocycles. The van der Waals surface area contributed by atoms with Crippen molar-refractivity contribution in [1.82, 2.24) is 5.32 Å². The van der Waals surface area contributed by atoms with Crippen LogP contribution in [0.25, 0.3) is 0 Å². The molecule has 1 nitrogen and oxygen atoms in total. The molecule has 1 saturated carbocycles. The molecule has 0 aromatic carbocycles. The molecule has 0 amide bonds. The molecule has 1 N–H and O–H groups in total. The van der Waals surface area contributed by atoms with E-state index < -0.39 is 0 Å². The Morgan fingerprint density at radius 3 is 2.23 bits per heavy atom. The predicted molar refractivity (Wildman–Crippen MR) is 64.2 cm³/mol. The second-order valence-corrected chi connectivity index (χ2v) is 4.05. The lowest BCUT2D eigenvalue weighted by Gasteiger charge is -2.21. The molecule has 1 aliphatic rings. The van der Waals surface area contributed by atoms with Crippen LogP contribution in [-0.2, 0) is 0 Å². The van der Waals surface area contributed by atoms with Gasteiger partial charge in [-0.15, -0.1) is 0 Å². The first-order valence-electron chi connectivity index (χ1n) is 5.53. The highest BCUT2D eigenvalue weighted by atomic mass is 32.1. The Morgan fingerprint density at radius 2 is 1.77 bits per heavy atom. The third-order valence-corrected chi connectivity index (χ3v) is 2.51. The first kappa shape index (κ1) is 12.9. The summed E-state index contributed by atoms with van der Waals surface area (Å²) in [5, 5.41) is 3.25. The number of nitrogens with one attached hydrogen (secondary N) is 1. The standard InChI is InChI=1S/C9H17NS.C2H6/c1-8(11)10-7-9-5-3-2-4-6-9;1-2/h9H,2-7H2,1H3,(H,10,11);1-2H3. The molecule has 0 aliphatic heterocycles. The third-order valence-electron chi connectivity index (χ3n) is 2.36. The van der Waals surface area contributed by atoms with Gasteiger partial charge in [0.2, 0.25) is 0 Å². The van der Waals surface area contributed by atoms with Crippen molar-refractivity contribution in [1.29, 1.82) is 0 Å². The summed E-state index contributed by atoms with van der Waals surface area (Å²) in [4.78, 5) is 0.940. The fourth-order valence-corrected chi connectivity index (χ4v) is 1.76. The van der Waals surface area contributed by atoms with Crippen molar-refractivity contribution in [2.75, 3.05) is 6.54 Å².